The molecule has 11 atom stereocenters. The van der Waals surface area contributed by atoms with Crippen LogP contribution in [0.1, 0.15) is 78.6 Å². The van der Waals surface area contributed by atoms with Crippen LogP contribution in [-0.4, -0.2) is 54.0 Å². The van der Waals surface area contributed by atoms with Crippen molar-refractivity contribution in [2.24, 2.45) is 52.1 Å². The summed E-state index contributed by atoms with van der Waals surface area (Å²) in [6.45, 7) is 6.86. The van der Waals surface area contributed by atoms with E-state index in [1.54, 1.807) is 0 Å². The minimum absolute atomic E-state index is 0.0113. The third-order valence-corrected chi connectivity index (χ3v) is 11.1. The summed E-state index contributed by atoms with van der Waals surface area (Å²) in [5, 5.41) is 26.2. The van der Waals surface area contributed by atoms with Crippen molar-refractivity contribution in [1.82, 2.24) is 5.32 Å². The quantitative estimate of drug-likeness (QED) is 0.436. The van der Waals surface area contributed by atoms with Gasteiger partial charge in [0, 0.05) is 12.5 Å². The van der Waals surface area contributed by atoms with Crippen LogP contribution >= 0.6 is 0 Å². The van der Waals surface area contributed by atoms with Crippen LogP contribution in [0.2, 0.25) is 0 Å². The predicted molar refractivity (Wildman–Crippen MR) is 129 cm³/mol. The first-order valence-electron chi connectivity index (χ1n) is 13.5. The fourth-order valence-electron chi connectivity index (χ4n) is 9.22. The van der Waals surface area contributed by atoms with Gasteiger partial charge in [-0.15, -0.1) is 0 Å². The molecule has 194 valence electrons. The molecule has 4 rings (SSSR count). The van der Waals surface area contributed by atoms with Gasteiger partial charge in [0.05, 0.1) is 25.9 Å². The number of rotatable bonds is 6. The second-order valence-corrected chi connectivity index (χ2v) is 12.4. The molecule has 4 fully saturated rings. The zero-order valence-corrected chi connectivity index (χ0v) is 21.5. The Kier molecular flexibility index (Phi) is 7.39. The molecule has 0 aromatic rings. The summed E-state index contributed by atoms with van der Waals surface area (Å²) in [5.41, 5.74) is 5.35. The molecule has 5 N–H and O–H groups in total. The van der Waals surface area contributed by atoms with E-state index in [0.29, 0.717) is 36.0 Å². The van der Waals surface area contributed by atoms with Gasteiger partial charge in [-0.25, -0.2) is 0 Å². The Hall–Kier alpha value is -1.18. The maximum Gasteiger partial charge on any atom is 0.305 e. The summed E-state index contributed by atoms with van der Waals surface area (Å²) in [5.74, 6) is 1.54. The molecule has 1 amide bonds. The molecule has 0 heterocycles. The highest BCUT2D eigenvalue weighted by Gasteiger charge is 2.65. The van der Waals surface area contributed by atoms with Gasteiger partial charge in [0.1, 0.15) is 0 Å². The van der Waals surface area contributed by atoms with Crippen molar-refractivity contribution in [2.45, 2.75) is 96.8 Å². The molecule has 7 heteroatoms. The van der Waals surface area contributed by atoms with E-state index in [9.17, 15) is 19.8 Å². The Morgan fingerprint density at radius 1 is 1.12 bits per heavy atom. The van der Waals surface area contributed by atoms with Gasteiger partial charge in [-0.2, -0.15) is 0 Å². The third kappa shape index (κ3) is 4.20. The number of ether oxygens (including phenoxy) is 1. The molecule has 4 aliphatic carbocycles. The van der Waals surface area contributed by atoms with Gasteiger partial charge in [-0.05, 0) is 97.7 Å². The highest BCUT2D eigenvalue weighted by molar-refractivity contribution is 5.78. The number of hydrogen-bond donors (Lipinski definition) is 4. The fraction of sp³-hybridized carbons (Fsp3) is 0.926. The van der Waals surface area contributed by atoms with Crippen molar-refractivity contribution < 1.29 is 24.5 Å². The zero-order valence-electron chi connectivity index (χ0n) is 21.5. The summed E-state index contributed by atoms with van der Waals surface area (Å²) < 4.78 is 4.85. The molecule has 0 spiro atoms. The predicted octanol–water partition coefficient (Wildman–Crippen LogP) is 2.62. The van der Waals surface area contributed by atoms with Crippen LogP contribution in [0.25, 0.3) is 0 Å². The number of nitrogens with two attached hydrogens (primary N) is 1. The van der Waals surface area contributed by atoms with Gasteiger partial charge in [0.2, 0.25) is 5.91 Å². The van der Waals surface area contributed by atoms with Crippen molar-refractivity contribution in [2.75, 3.05) is 13.7 Å². The summed E-state index contributed by atoms with van der Waals surface area (Å²) in [4.78, 5) is 23.6. The number of hydrogen-bond acceptors (Lipinski definition) is 6. The summed E-state index contributed by atoms with van der Waals surface area (Å²) in [6, 6.07) is 0.128. The van der Waals surface area contributed by atoms with Crippen molar-refractivity contribution in [3.63, 3.8) is 0 Å². The van der Waals surface area contributed by atoms with Gasteiger partial charge in [-0.3, -0.25) is 9.59 Å². The third-order valence-electron chi connectivity index (χ3n) is 11.1. The number of carbonyl (C=O) groups is 2. The van der Waals surface area contributed by atoms with Gasteiger partial charge in [-0.1, -0.05) is 20.8 Å². The van der Waals surface area contributed by atoms with E-state index in [2.05, 4.69) is 26.1 Å². The van der Waals surface area contributed by atoms with Gasteiger partial charge in [0.15, 0.2) is 0 Å². The van der Waals surface area contributed by atoms with Crippen LogP contribution in [0.5, 0.6) is 0 Å². The Bertz CT molecular complexity index is 776. The molecular formula is C27H46N2O5. The Labute approximate surface area is 204 Å². The number of aliphatic hydroxyl groups excluding tert-OH is 2. The number of amides is 1. The van der Waals surface area contributed by atoms with Gasteiger partial charge in [0.25, 0.3) is 0 Å². The highest BCUT2D eigenvalue weighted by Crippen LogP contribution is 2.68. The molecule has 0 aromatic carbocycles. The zero-order chi connectivity index (χ0) is 24.8. The van der Waals surface area contributed by atoms with Gasteiger partial charge >= 0.3 is 5.97 Å². The summed E-state index contributed by atoms with van der Waals surface area (Å²) in [6.07, 6.45) is 6.85. The molecule has 0 saturated heterocycles. The fourth-order valence-corrected chi connectivity index (χ4v) is 9.22. The maximum absolute atomic E-state index is 11.9. The molecule has 4 unspecified atom stereocenters. The van der Waals surface area contributed by atoms with E-state index in [-0.39, 0.29) is 47.3 Å². The number of fused-ring (bicyclic) bond motifs is 5. The lowest BCUT2D eigenvalue weighted by atomic mass is 9.43. The van der Waals surface area contributed by atoms with Crippen LogP contribution in [0.15, 0.2) is 0 Å². The SMILES string of the molecule is COC(=O)CCC(C)[C@H]1CCC2C3C(C[C@H](O)[C@@]21C)[C@@]1(C)CC[C@H](NC(=O)CN)C[C@H]1C[C@H]3O. The van der Waals surface area contributed by atoms with Crippen molar-refractivity contribution in [3.05, 3.63) is 0 Å². The van der Waals surface area contributed by atoms with E-state index < -0.39 is 6.10 Å². The number of esters is 1. The summed E-state index contributed by atoms with van der Waals surface area (Å²) in [7, 11) is 1.43. The topological polar surface area (TPSA) is 122 Å². The normalized spacial score (nSPS) is 46.6. The number of methoxy groups -OCH3 is 1. The molecule has 34 heavy (non-hydrogen) atoms. The molecule has 0 aromatic heterocycles. The maximum atomic E-state index is 11.9. The van der Waals surface area contributed by atoms with E-state index in [1.165, 1.54) is 7.11 Å². The Balaban J connectivity index is 1.53. The number of nitrogens with one attached hydrogen (secondary N) is 1. The first-order valence-corrected chi connectivity index (χ1v) is 13.5. The van der Waals surface area contributed by atoms with Crippen LogP contribution in [0.3, 0.4) is 0 Å². The average molecular weight is 479 g/mol. The Morgan fingerprint density at radius 3 is 2.53 bits per heavy atom. The monoisotopic (exact) mass is 478 g/mol. The smallest absolute Gasteiger partial charge is 0.305 e. The molecule has 7 nitrogen and oxygen atoms in total. The molecule has 0 radical (unpaired) electrons. The van der Waals surface area contributed by atoms with Crippen molar-refractivity contribution in [3.8, 4) is 0 Å². The first kappa shape index (κ1) is 25.9. The Morgan fingerprint density at radius 2 is 1.85 bits per heavy atom. The van der Waals surface area contributed by atoms with Gasteiger partial charge < -0.3 is 26.0 Å². The highest BCUT2D eigenvalue weighted by atomic mass is 16.5. The lowest BCUT2D eigenvalue weighted by molar-refractivity contribution is -0.202. The molecule has 4 saturated carbocycles. The second-order valence-electron chi connectivity index (χ2n) is 12.4. The van der Waals surface area contributed by atoms with E-state index in [0.717, 1.165) is 51.4 Å². The number of aliphatic hydroxyl groups is 2. The van der Waals surface area contributed by atoms with E-state index in [4.69, 9.17) is 10.5 Å². The van der Waals surface area contributed by atoms with Crippen molar-refractivity contribution >= 4 is 11.9 Å². The van der Waals surface area contributed by atoms with E-state index in [1.807, 2.05) is 0 Å². The first-order chi connectivity index (χ1) is 16.1. The lowest BCUT2D eigenvalue weighted by Gasteiger charge is -2.63. The summed E-state index contributed by atoms with van der Waals surface area (Å²) >= 11 is 0. The minimum Gasteiger partial charge on any atom is -0.469 e. The molecule has 0 aliphatic heterocycles. The lowest BCUT2D eigenvalue weighted by Crippen LogP contribution is -2.63. The molecule has 4 aliphatic rings. The molecular weight excluding hydrogens is 432 g/mol. The number of carbonyl (C=O) groups excluding carboxylic acids is 2. The van der Waals surface area contributed by atoms with Crippen molar-refractivity contribution in [1.29, 1.82) is 0 Å². The second kappa shape index (κ2) is 9.70. The standard InChI is InChI=1S/C27H46N2O5/c1-15(5-8-24(33)34-4)18-6-7-19-25-20(13-22(31)27(18,19)3)26(2)10-9-17(29-23(32)14-28)11-16(26)12-21(25)30/h15-22,25,30-31H,5-14,28H2,1-4H3,(H,29,32)/t15?,16-,17-,18+,19?,20?,21+,22-,25?,26-,27+/m0/s1. The minimum atomic E-state index is -0.399. The molecule has 0 bridgehead atoms. The van der Waals surface area contributed by atoms with Crippen LogP contribution < -0.4 is 11.1 Å². The van der Waals surface area contributed by atoms with Crippen LogP contribution in [0, 0.1) is 46.3 Å². The average Bonchev–Trinajstić information content (AvgIpc) is 3.17. The van der Waals surface area contributed by atoms with E-state index >= 15 is 0 Å². The van der Waals surface area contributed by atoms with Crippen LogP contribution in [-0.2, 0) is 14.3 Å². The van der Waals surface area contributed by atoms with Crippen LogP contribution in [0.4, 0.5) is 0 Å². The largest absolute Gasteiger partial charge is 0.469 e.